The molecule has 1 N–H and O–H groups in total. The van der Waals surface area contributed by atoms with E-state index in [-0.39, 0.29) is 0 Å². The highest BCUT2D eigenvalue weighted by Crippen LogP contribution is 2.31. The molecule has 0 radical (unpaired) electrons. The molecule has 2 rings (SSSR count). The third kappa shape index (κ3) is 1.19. The minimum absolute atomic E-state index is 0.575. The van der Waals surface area contributed by atoms with Gasteiger partial charge in [0.1, 0.15) is 0 Å². The van der Waals surface area contributed by atoms with Gasteiger partial charge < -0.3 is 5.32 Å². The molecule has 0 aromatic carbocycles. The van der Waals surface area contributed by atoms with Crippen LogP contribution in [0.15, 0.2) is 5.51 Å². The van der Waals surface area contributed by atoms with Gasteiger partial charge in [-0.2, -0.15) is 0 Å². The molecule has 1 atom stereocenters. The summed E-state index contributed by atoms with van der Waals surface area (Å²) in [6.07, 6.45) is 3.73. The molecule has 0 bridgehead atoms. The zero-order valence-corrected chi connectivity index (χ0v) is 7.45. The Kier molecular flexibility index (Phi) is 1.92. The van der Waals surface area contributed by atoms with Crippen molar-refractivity contribution >= 4 is 11.3 Å². The van der Waals surface area contributed by atoms with E-state index >= 15 is 0 Å². The number of thiazole rings is 1. The van der Waals surface area contributed by atoms with Crippen LogP contribution in [0.3, 0.4) is 0 Å². The molecule has 0 spiro atoms. The van der Waals surface area contributed by atoms with Crippen LogP contribution in [0.5, 0.6) is 0 Å². The number of fused-ring (bicyclic) bond motifs is 1. The standard InChI is InChI=1S/C8H12N2S/c1-9-6-3-2-4-7-8(6)11-5-10-7/h5-6,9H,2-4H2,1H3. The first-order chi connectivity index (χ1) is 5.42. The first-order valence-electron chi connectivity index (χ1n) is 4.01. The molecule has 0 amide bonds. The summed E-state index contributed by atoms with van der Waals surface area (Å²) in [7, 11) is 2.03. The Balaban J connectivity index is 2.32. The predicted octanol–water partition coefficient (Wildman–Crippen LogP) is 1.74. The summed E-state index contributed by atoms with van der Waals surface area (Å²) in [6, 6.07) is 0.575. The fourth-order valence-corrected chi connectivity index (χ4v) is 2.61. The van der Waals surface area contributed by atoms with Crippen LogP contribution >= 0.6 is 11.3 Å². The van der Waals surface area contributed by atoms with Crippen molar-refractivity contribution in [3.05, 3.63) is 16.1 Å². The third-order valence-corrected chi connectivity index (χ3v) is 3.23. The number of hydrogen-bond acceptors (Lipinski definition) is 3. The fraction of sp³-hybridized carbons (Fsp3) is 0.625. The molecule has 1 aliphatic carbocycles. The van der Waals surface area contributed by atoms with Gasteiger partial charge in [-0.15, -0.1) is 11.3 Å². The minimum Gasteiger partial charge on any atom is -0.312 e. The molecule has 1 aromatic heterocycles. The molecule has 0 saturated carbocycles. The summed E-state index contributed by atoms with van der Waals surface area (Å²) in [4.78, 5) is 5.79. The second-order valence-electron chi connectivity index (χ2n) is 2.90. The number of aromatic nitrogens is 1. The largest absolute Gasteiger partial charge is 0.312 e. The second-order valence-corrected chi connectivity index (χ2v) is 3.78. The van der Waals surface area contributed by atoms with E-state index in [1.165, 1.54) is 29.8 Å². The fourth-order valence-electron chi connectivity index (χ4n) is 1.63. The quantitative estimate of drug-likeness (QED) is 0.691. The third-order valence-electron chi connectivity index (χ3n) is 2.24. The van der Waals surface area contributed by atoms with Crippen LogP contribution in [0.2, 0.25) is 0 Å². The van der Waals surface area contributed by atoms with Gasteiger partial charge in [0, 0.05) is 10.9 Å². The number of nitrogens with one attached hydrogen (secondary N) is 1. The lowest BCUT2D eigenvalue weighted by molar-refractivity contribution is 0.501. The average Bonchev–Trinajstić information content (AvgIpc) is 2.50. The molecule has 60 valence electrons. The lowest BCUT2D eigenvalue weighted by Gasteiger charge is -2.20. The summed E-state index contributed by atoms with van der Waals surface area (Å²) in [5.41, 5.74) is 3.28. The highest BCUT2D eigenvalue weighted by atomic mass is 32.1. The van der Waals surface area contributed by atoms with Crippen LogP contribution in [-0.2, 0) is 6.42 Å². The number of rotatable bonds is 1. The van der Waals surface area contributed by atoms with E-state index in [9.17, 15) is 0 Å². The van der Waals surface area contributed by atoms with Crippen LogP contribution in [0.4, 0.5) is 0 Å². The van der Waals surface area contributed by atoms with E-state index in [2.05, 4.69) is 10.3 Å². The van der Waals surface area contributed by atoms with Gasteiger partial charge in [0.2, 0.25) is 0 Å². The van der Waals surface area contributed by atoms with Gasteiger partial charge in [0.25, 0.3) is 0 Å². The van der Waals surface area contributed by atoms with E-state index in [1.54, 1.807) is 11.3 Å². The number of hydrogen-bond donors (Lipinski definition) is 1. The summed E-state index contributed by atoms with van der Waals surface area (Å²) >= 11 is 1.78. The van der Waals surface area contributed by atoms with E-state index in [4.69, 9.17) is 0 Å². The Morgan fingerprint density at radius 3 is 3.45 bits per heavy atom. The topological polar surface area (TPSA) is 24.9 Å². The van der Waals surface area contributed by atoms with Crippen LogP contribution in [0.25, 0.3) is 0 Å². The number of nitrogens with zero attached hydrogens (tertiary/aromatic N) is 1. The van der Waals surface area contributed by atoms with Crippen LogP contribution in [0.1, 0.15) is 29.5 Å². The van der Waals surface area contributed by atoms with Crippen LogP contribution in [-0.4, -0.2) is 12.0 Å². The lowest BCUT2D eigenvalue weighted by atomic mass is 9.98. The van der Waals surface area contributed by atoms with Crippen molar-refractivity contribution in [2.45, 2.75) is 25.3 Å². The highest BCUT2D eigenvalue weighted by Gasteiger charge is 2.20. The van der Waals surface area contributed by atoms with Crippen LogP contribution in [0, 0.1) is 0 Å². The van der Waals surface area contributed by atoms with Crippen molar-refractivity contribution in [1.82, 2.24) is 10.3 Å². The Labute approximate surface area is 70.7 Å². The summed E-state index contributed by atoms with van der Waals surface area (Å²) in [5, 5.41) is 3.32. The molecule has 11 heavy (non-hydrogen) atoms. The van der Waals surface area contributed by atoms with Crippen molar-refractivity contribution in [1.29, 1.82) is 0 Å². The predicted molar refractivity (Wildman–Crippen MR) is 46.9 cm³/mol. The first-order valence-corrected chi connectivity index (χ1v) is 4.89. The maximum absolute atomic E-state index is 4.33. The van der Waals surface area contributed by atoms with Crippen LogP contribution < -0.4 is 5.32 Å². The van der Waals surface area contributed by atoms with Crippen molar-refractivity contribution in [2.75, 3.05) is 7.05 Å². The second kappa shape index (κ2) is 2.91. The summed E-state index contributed by atoms with van der Waals surface area (Å²) in [6.45, 7) is 0. The Hall–Kier alpha value is -0.410. The van der Waals surface area contributed by atoms with Gasteiger partial charge in [-0.05, 0) is 26.3 Å². The van der Waals surface area contributed by atoms with Crippen molar-refractivity contribution in [3.63, 3.8) is 0 Å². The number of aryl methyl sites for hydroxylation is 1. The SMILES string of the molecule is CNC1CCCc2ncsc21. The van der Waals surface area contributed by atoms with Gasteiger partial charge in [0.05, 0.1) is 11.2 Å². The van der Waals surface area contributed by atoms with E-state index < -0.39 is 0 Å². The molecule has 0 fully saturated rings. The Morgan fingerprint density at radius 1 is 1.73 bits per heavy atom. The molecule has 1 aromatic rings. The summed E-state index contributed by atoms with van der Waals surface area (Å²) < 4.78 is 0. The van der Waals surface area contributed by atoms with Gasteiger partial charge in [-0.3, -0.25) is 0 Å². The molecular formula is C8H12N2S. The van der Waals surface area contributed by atoms with Crippen molar-refractivity contribution in [2.24, 2.45) is 0 Å². The van der Waals surface area contributed by atoms with Gasteiger partial charge in [-0.25, -0.2) is 4.98 Å². The van der Waals surface area contributed by atoms with Gasteiger partial charge in [-0.1, -0.05) is 0 Å². The van der Waals surface area contributed by atoms with E-state index in [0.29, 0.717) is 6.04 Å². The maximum atomic E-state index is 4.33. The Bertz CT molecular complexity index is 244. The Morgan fingerprint density at radius 2 is 2.64 bits per heavy atom. The zero-order chi connectivity index (χ0) is 7.68. The van der Waals surface area contributed by atoms with Gasteiger partial charge >= 0.3 is 0 Å². The smallest absolute Gasteiger partial charge is 0.0798 e. The molecule has 0 aliphatic heterocycles. The van der Waals surface area contributed by atoms with Crippen molar-refractivity contribution < 1.29 is 0 Å². The molecule has 0 saturated heterocycles. The monoisotopic (exact) mass is 168 g/mol. The van der Waals surface area contributed by atoms with Gasteiger partial charge in [0.15, 0.2) is 0 Å². The molecular weight excluding hydrogens is 156 g/mol. The molecule has 1 aliphatic rings. The van der Waals surface area contributed by atoms with E-state index in [1.807, 2.05) is 12.6 Å². The molecule has 2 nitrogen and oxygen atoms in total. The minimum atomic E-state index is 0.575. The zero-order valence-electron chi connectivity index (χ0n) is 6.63. The van der Waals surface area contributed by atoms with Crippen molar-refractivity contribution in [3.8, 4) is 0 Å². The summed E-state index contributed by atoms with van der Waals surface area (Å²) in [5.74, 6) is 0. The normalized spacial score (nSPS) is 23.2. The average molecular weight is 168 g/mol. The molecule has 1 heterocycles. The lowest BCUT2D eigenvalue weighted by Crippen LogP contribution is -2.19. The first kappa shape index (κ1) is 7.25. The highest BCUT2D eigenvalue weighted by molar-refractivity contribution is 7.09. The maximum Gasteiger partial charge on any atom is 0.0798 e. The molecule has 1 unspecified atom stereocenters. The molecule has 3 heteroatoms. The van der Waals surface area contributed by atoms with E-state index in [0.717, 1.165) is 0 Å².